The number of hydrogen-bond donors (Lipinski definition) is 1. The van der Waals surface area contributed by atoms with Crippen LogP contribution in [0, 0.1) is 12.8 Å². The number of hydrogen-bond acceptors (Lipinski definition) is 4. The molecule has 92 valence electrons. The Hall–Kier alpha value is -1.00. The topological polar surface area (TPSA) is 41.1 Å². The van der Waals surface area contributed by atoms with Gasteiger partial charge in [-0.05, 0) is 44.8 Å². The first kappa shape index (κ1) is 11.1. The quantitative estimate of drug-likeness (QED) is 0.843. The third kappa shape index (κ3) is 2.48. The maximum atomic E-state index is 4.43. The van der Waals surface area contributed by atoms with Crippen LogP contribution < -0.4 is 5.32 Å². The van der Waals surface area contributed by atoms with Gasteiger partial charge in [0.1, 0.15) is 5.82 Å². The summed E-state index contributed by atoms with van der Waals surface area (Å²) in [5.74, 6) is 1.71. The van der Waals surface area contributed by atoms with E-state index in [4.69, 9.17) is 0 Å². The summed E-state index contributed by atoms with van der Waals surface area (Å²) in [6.07, 6.45) is 4.49. The smallest absolute Gasteiger partial charge is 0.125 e. The molecule has 1 aromatic heterocycles. The molecule has 3 heterocycles. The highest BCUT2D eigenvalue weighted by Crippen LogP contribution is 2.27. The first-order chi connectivity index (χ1) is 8.31. The number of aromatic nitrogens is 2. The lowest BCUT2D eigenvalue weighted by Gasteiger charge is -2.31. The van der Waals surface area contributed by atoms with E-state index in [1.54, 1.807) is 0 Å². The molecule has 2 saturated heterocycles. The molecule has 4 heteroatoms. The summed E-state index contributed by atoms with van der Waals surface area (Å²) in [7, 11) is 0. The van der Waals surface area contributed by atoms with E-state index in [0.717, 1.165) is 24.0 Å². The van der Waals surface area contributed by atoms with Crippen molar-refractivity contribution >= 4 is 0 Å². The minimum absolute atomic E-state index is 0.684. The van der Waals surface area contributed by atoms with Gasteiger partial charge in [0, 0.05) is 25.3 Å². The molecule has 3 atom stereocenters. The van der Waals surface area contributed by atoms with Crippen LogP contribution in [0.2, 0.25) is 0 Å². The van der Waals surface area contributed by atoms with E-state index in [9.17, 15) is 0 Å². The lowest BCUT2D eigenvalue weighted by molar-refractivity contribution is 0.220. The van der Waals surface area contributed by atoms with Gasteiger partial charge in [0.15, 0.2) is 0 Å². The summed E-state index contributed by atoms with van der Waals surface area (Å²) in [5, 5.41) is 3.68. The highest BCUT2D eigenvalue weighted by atomic mass is 15.2. The fourth-order valence-electron chi connectivity index (χ4n) is 3.06. The number of nitrogens with one attached hydrogen (secondary N) is 1. The second-order valence-electron chi connectivity index (χ2n) is 5.22. The van der Waals surface area contributed by atoms with Crippen molar-refractivity contribution in [2.24, 2.45) is 5.92 Å². The SMILES string of the molecule is Cc1nccc(CNC2CCN3CCC2C3)n1. The van der Waals surface area contributed by atoms with Crippen molar-refractivity contribution < 1.29 is 0 Å². The third-order valence-electron chi connectivity index (χ3n) is 4.01. The molecular formula is C13H20N4. The Morgan fingerprint density at radius 1 is 1.41 bits per heavy atom. The molecule has 3 rings (SSSR count). The Kier molecular flexibility index (Phi) is 3.07. The van der Waals surface area contributed by atoms with Crippen LogP contribution in [0.4, 0.5) is 0 Å². The van der Waals surface area contributed by atoms with Gasteiger partial charge >= 0.3 is 0 Å². The first-order valence-corrected chi connectivity index (χ1v) is 6.55. The van der Waals surface area contributed by atoms with Crippen LogP contribution in [0.25, 0.3) is 0 Å². The lowest BCUT2D eigenvalue weighted by Crippen LogP contribution is -2.43. The summed E-state index contributed by atoms with van der Waals surface area (Å²) < 4.78 is 0. The van der Waals surface area contributed by atoms with Gasteiger partial charge in [-0.3, -0.25) is 0 Å². The summed E-state index contributed by atoms with van der Waals surface area (Å²) in [6.45, 7) is 6.68. The molecule has 0 aliphatic carbocycles. The molecule has 1 aromatic rings. The zero-order chi connectivity index (χ0) is 11.7. The predicted octanol–water partition coefficient (Wildman–Crippen LogP) is 0.969. The van der Waals surface area contributed by atoms with Crippen molar-refractivity contribution in [1.82, 2.24) is 20.2 Å². The Bertz CT molecular complexity index is 393. The van der Waals surface area contributed by atoms with E-state index < -0.39 is 0 Å². The molecule has 2 bridgehead atoms. The number of piperidine rings is 1. The highest BCUT2D eigenvalue weighted by Gasteiger charge is 2.33. The van der Waals surface area contributed by atoms with Crippen LogP contribution in [0.5, 0.6) is 0 Å². The molecular weight excluding hydrogens is 212 g/mol. The second kappa shape index (κ2) is 4.70. The van der Waals surface area contributed by atoms with Crippen LogP contribution in [-0.2, 0) is 6.54 Å². The van der Waals surface area contributed by atoms with Gasteiger partial charge in [-0.2, -0.15) is 0 Å². The van der Waals surface area contributed by atoms with Gasteiger partial charge < -0.3 is 10.2 Å². The fourth-order valence-corrected chi connectivity index (χ4v) is 3.06. The first-order valence-electron chi connectivity index (χ1n) is 6.55. The van der Waals surface area contributed by atoms with Gasteiger partial charge in [-0.15, -0.1) is 0 Å². The van der Waals surface area contributed by atoms with E-state index in [-0.39, 0.29) is 0 Å². The Balaban J connectivity index is 1.57. The number of fused-ring (bicyclic) bond motifs is 2. The standard InChI is InChI=1S/C13H20N4/c1-10-14-5-2-12(16-10)8-15-13-4-7-17-6-3-11(13)9-17/h2,5,11,13,15H,3-4,6-9H2,1H3. The van der Waals surface area contributed by atoms with E-state index in [1.165, 1.54) is 32.5 Å². The summed E-state index contributed by atoms with van der Waals surface area (Å²) in [6, 6.07) is 2.69. The van der Waals surface area contributed by atoms with Crippen molar-refractivity contribution in [1.29, 1.82) is 0 Å². The van der Waals surface area contributed by atoms with E-state index >= 15 is 0 Å². The van der Waals surface area contributed by atoms with Gasteiger partial charge in [-0.25, -0.2) is 9.97 Å². The van der Waals surface area contributed by atoms with Crippen molar-refractivity contribution in [2.75, 3.05) is 19.6 Å². The second-order valence-corrected chi connectivity index (χ2v) is 5.22. The van der Waals surface area contributed by atoms with E-state index in [0.29, 0.717) is 6.04 Å². The number of rotatable bonds is 3. The monoisotopic (exact) mass is 232 g/mol. The summed E-state index contributed by atoms with van der Waals surface area (Å²) >= 11 is 0. The molecule has 2 aliphatic rings. The Labute approximate surface area is 102 Å². The maximum Gasteiger partial charge on any atom is 0.125 e. The molecule has 3 unspecified atom stereocenters. The Morgan fingerprint density at radius 2 is 2.29 bits per heavy atom. The van der Waals surface area contributed by atoms with Crippen LogP contribution >= 0.6 is 0 Å². The van der Waals surface area contributed by atoms with Crippen molar-refractivity contribution in [3.63, 3.8) is 0 Å². The number of nitrogens with zero attached hydrogens (tertiary/aromatic N) is 3. The minimum Gasteiger partial charge on any atom is -0.308 e. The van der Waals surface area contributed by atoms with Gasteiger partial charge in [0.25, 0.3) is 0 Å². The van der Waals surface area contributed by atoms with Gasteiger partial charge in [0.05, 0.1) is 5.69 Å². The molecule has 0 saturated carbocycles. The summed E-state index contributed by atoms with van der Waals surface area (Å²) in [4.78, 5) is 11.1. The molecule has 2 fully saturated rings. The molecule has 2 aliphatic heterocycles. The van der Waals surface area contributed by atoms with Crippen molar-refractivity contribution in [3.05, 3.63) is 23.8 Å². The molecule has 17 heavy (non-hydrogen) atoms. The van der Waals surface area contributed by atoms with Gasteiger partial charge in [0.2, 0.25) is 0 Å². The van der Waals surface area contributed by atoms with Crippen LogP contribution in [0.15, 0.2) is 12.3 Å². The zero-order valence-corrected chi connectivity index (χ0v) is 10.4. The average molecular weight is 232 g/mol. The lowest BCUT2D eigenvalue weighted by atomic mass is 9.94. The van der Waals surface area contributed by atoms with Gasteiger partial charge in [-0.1, -0.05) is 0 Å². The van der Waals surface area contributed by atoms with Crippen LogP contribution in [-0.4, -0.2) is 40.5 Å². The molecule has 0 spiro atoms. The molecule has 1 N–H and O–H groups in total. The highest BCUT2D eigenvalue weighted by molar-refractivity contribution is 5.02. The fraction of sp³-hybridized carbons (Fsp3) is 0.692. The third-order valence-corrected chi connectivity index (χ3v) is 4.01. The van der Waals surface area contributed by atoms with Crippen molar-refractivity contribution in [2.45, 2.75) is 32.4 Å². The van der Waals surface area contributed by atoms with Crippen LogP contribution in [0.1, 0.15) is 24.4 Å². The maximum absolute atomic E-state index is 4.43. The van der Waals surface area contributed by atoms with Crippen molar-refractivity contribution in [3.8, 4) is 0 Å². The van der Waals surface area contributed by atoms with E-state index in [2.05, 4.69) is 20.2 Å². The van der Waals surface area contributed by atoms with Crippen LogP contribution in [0.3, 0.4) is 0 Å². The molecule has 0 amide bonds. The van der Waals surface area contributed by atoms with E-state index in [1.807, 2.05) is 19.2 Å². The summed E-state index contributed by atoms with van der Waals surface area (Å²) in [5.41, 5.74) is 1.11. The average Bonchev–Trinajstić information content (AvgIpc) is 2.71. The Morgan fingerprint density at radius 3 is 3.18 bits per heavy atom. The normalized spacial score (nSPS) is 31.7. The molecule has 0 radical (unpaired) electrons. The molecule has 4 nitrogen and oxygen atoms in total. The zero-order valence-electron chi connectivity index (χ0n) is 10.4. The minimum atomic E-state index is 0.684. The number of aryl methyl sites for hydroxylation is 1. The predicted molar refractivity (Wildman–Crippen MR) is 66.6 cm³/mol. The molecule has 0 aromatic carbocycles. The largest absolute Gasteiger partial charge is 0.308 e.